The summed E-state index contributed by atoms with van der Waals surface area (Å²) in [5, 5.41) is 3.89. The molecule has 0 bridgehead atoms. The molecule has 1 saturated heterocycles. The van der Waals surface area contributed by atoms with Gasteiger partial charge >= 0.3 is 12.1 Å². The summed E-state index contributed by atoms with van der Waals surface area (Å²) in [6, 6.07) is 9.49. The highest BCUT2D eigenvalue weighted by Gasteiger charge is 2.41. The van der Waals surface area contributed by atoms with Gasteiger partial charge in [0, 0.05) is 5.92 Å². The van der Waals surface area contributed by atoms with Crippen molar-refractivity contribution in [3.05, 3.63) is 41.8 Å². The van der Waals surface area contributed by atoms with E-state index in [1.165, 1.54) is 5.19 Å². The van der Waals surface area contributed by atoms with E-state index < -0.39 is 31.8 Å². The van der Waals surface area contributed by atoms with Gasteiger partial charge in [-0.3, -0.25) is 0 Å². The fraction of sp³-hybridized carbons (Fsp3) is 0.474. The van der Waals surface area contributed by atoms with Crippen molar-refractivity contribution in [3.8, 4) is 0 Å². The molecule has 136 valence electrons. The van der Waals surface area contributed by atoms with Gasteiger partial charge in [-0.15, -0.1) is 0 Å². The zero-order valence-corrected chi connectivity index (χ0v) is 16.8. The van der Waals surface area contributed by atoms with E-state index in [0.717, 1.165) is 0 Å². The molecule has 6 heteroatoms. The number of cyclic esters (lactones) is 1. The van der Waals surface area contributed by atoms with Gasteiger partial charge in [-0.1, -0.05) is 61.2 Å². The Balaban J connectivity index is 2.15. The Labute approximate surface area is 150 Å². The lowest BCUT2D eigenvalue weighted by Crippen LogP contribution is -2.44. The minimum atomic E-state index is -1.91. The van der Waals surface area contributed by atoms with Crippen LogP contribution < -0.4 is 10.5 Å². The molecular weight excluding hydrogens is 334 g/mol. The molecule has 25 heavy (non-hydrogen) atoms. The summed E-state index contributed by atoms with van der Waals surface area (Å²) >= 11 is 0. The van der Waals surface area contributed by atoms with Crippen LogP contribution in [-0.2, 0) is 14.3 Å². The number of hydrogen-bond acceptors (Lipinski definition) is 4. The quantitative estimate of drug-likeness (QED) is 0.664. The summed E-state index contributed by atoms with van der Waals surface area (Å²) in [6.45, 7) is 11.6. The molecule has 2 rings (SSSR count). The van der Waals surface area contributed by atoms with Crippen LogP contribution in [-0.4, -0.2) is 31.8 Å². The van der Waals surface area contributed by atoms with Gasteiger partial charge in [0.25, 0.3) is 0 Å². The van der Waals surface area contributed by atoms with E-state index in [0.29, 0.717) is 5.76 Å². The molecule has 0 aromatic heterocycles. The summed E-state index contributed by atoms with van der Waals surface area (Å²) in [6.07, 6.45) is -0.609. The Morgan fingerprint density at radius 3 is 2.40 bits per heavy atom. The summed E-state index contributed by atoms with van der Waals surface area (Å²) < 4.78 is 10.7. The summed E-state index contributed by atoms with van der Waals surface area (Å²) in [5.41, 5.74) is 1.47. The summed E-state index contributed by atoms with van der Waals surface area (Å²) in [4.78, 5) is 24.2. The van der Waals surface area contributed by atoms with E-state index in [-0.39, 0.29) is 5.92 Å². The smallest absolute Gasteiger partial charge is 0.408 e. The van der Waals surface area contributed by atoms with Gasteiger partial charge in [0.2, 0.25) is 0 Å². The molecule has 0 aliphatic carbocycles. The van der Waals surface area contributed by atoms with Crippen molar-refractivity contribution < 1.29 is 19.1 Å². The first-order valence-electron chi connectivity index (χ1n) is 8.49. The Kier molecular flexibility index (Phi) is 5.42. The van der Waals surface area contributed by atoms with Gasteiger partial charge < -0.3 is 14.8 Å². The van der Waals surface area contributed by atoms with Crippen molar-refractivity contribution in [1.29, 1.82) is 0 Å². The maximum atomic E-state index is 12.2. The van der Waals surface area contributed by atoms with Crippen molar-refractivity contribution in [3.63, 3.8) is 0 Å². The minimum Gasteiger partial charge on any atom is -0.444 e. The number of carbonyl (C=O) groups excluding carboxylic acids is 2. The van der Waals surface area contributed by atoms with Crippen LogP contribution in [0.2, 0.25) is 13.1 Å². The molecule has 2 atom stereocenters. The van der Waals surface area contributed by atoms with Crippen LogP contribution in [0.25, 0.3) is 0 Å². The predicted molar refractivity (Wildman–Crippen MR) is 100 cm³/mol. The summed E-state index contributed by atoms with van der Waals surface area (Å²) in [5.74, 6) is -0.0374. The topological polar surface area (TPSA) is 64.6 Å². The standard InChI is InChI=1S/C19H27NO4Si/c1-13-15(12-25(5,6)14-10-8-7-9-11-14)23-17(21)16(13)20-18(22)24-19(2,3)4/h7-13,16H,1-6H3,(H,20,22)/b15-12-/t13-,16+/m1/s1. The number of benzene rings is 1. The highest BCUT2D eigenvalue weighted by molar-refractivity contribution is 6.94. The van der Waals surface area contributed by atoms with Gasteiger partial charge in [-0.2, -0.15) is 0 Å². The zero-order valence-electron chi connectivity index (χ0n) is 15.8. The Morgan fingerprint density at radius 2 is 1.84 bits per heavy atom. The van der Waals surface area contributed by atoms with E-state index in [1.54, 1.807) is 20.8 Å². The van der Waals surface area contributed by atoms with Crippen LogP contribution in [0.15, 0.2) is 41.8 Å². The number of carbonyl (C=O) groups is 2. The van der Waals surface area contributed by atoms with Crippen LogP contribution in [0.3, 0.4) is 0 Å². The molecule has 0 spiro atoms. The fourth-order valence-electron chi connectivity index (χ4n) is 2.73. The van der Waals surface area contributed by atoms with E-state index in [2.05, 4.69) is 36.2 Å². The Bertz CT molecular complexity index is 676. The van der Waals surface area contributed by atoms with Crippen LogP contribution in [0.5, 0.6) is 0 Å². The lowest BCUT2D eigenvalue weighted by molar-refractivity contribution is -0.137. The molecule has 0 radical (unpaired) electrons. The summed E-state index contributed by atoms with van der Waals surface area (Å²) in [7, 11) is -1.91. The van der Waals surface area contributed by atoms with Gasteiger partial charge in [0.05, 0.1) is 0 Å². The molecule has 0 saturated carbocycles. The molecule has 0 unspecified atom stereocenters. The van der Waals surface area contributed by atoms with Crippen LogP contribution >= 0.6 is 0 Å². The number of nitrogens with one attached hydrogen (secondary N) is 1. The molecule has 1 N–H and O–H groups in total. The molecule has 1 fully saturated rings. The average Bonchev–Trinajstić information content (AvgIpc) is 2.73. The first-order valence-corrected chi connectivity index (χ1v) is 11.6. The van der Waals surface area contributed by atoms with Gasteiger partial charge in [0.15, 0.2) is 0 Å². The van der Waals surface area contributed by atoms with Gasteiger partial charge in [-0.05, 0) is 20.8 Å². The van der Waals surface area contributed by atoms with Crippen molar-refractivity contribution in [2.24, 2.45) is 5.92 Å². The lowest BCUT2D eigenvalue weighted by Gasteiger charge is -2.22. The zero-order chi connectivity index (χ0) is 18.8. The van der Waals surface area contributed by atoms with Crippen LogP contribution in [0, 0.1) is 5.92 Å². The number of esters is 1. The van der Waals surface area contributed by atoms with Crippen molar-refractivity contribution >= 4 is 25.3 Å². The number of amides is 1. The first-order chi connectivity index (χ1) is 11.5. The SMILES string of the molecule is C[C@@H]1/C(=C/[Si](C)(C)c2ccccc2)OC(=O)[C@H]1NC(=O)OC(C)(C)C. The third-order valence-electron chi connectivity index (χ3n) is 4.11. The van der Waals surface area contributed by atoms with Crippen molar-refractivity contribution in [2.45, 2.75) is 52.4 Å². The molecule has 1 heterocycles. The van der Waals surface area contributed by atoms with Gasteiger partial charge in [0.1, 0.15) is 25.5 Å². The highest BCUT2D eigenvalue weighted by Crippen LogP contribution is 2.28. The van der Waals surface area contributed by atoms with Crippen molar-refractivity contribution in [1.82, 2.24) is 5.32 Å². The average molecular weight is 362 g/mol. The number of ether oxygens (including phenoxy) is 2. The largest absolute Gasteiger partial charge is 0.444 e. The predicted octanol–water partition coefficient (Wildman–Crippen LogP) is 3.11. The van der Waals surface area contributed by atoms with Gasteiger partial charge in [-0.25, -0.2) is 9.59 Å². The van der Waals surface area contributed by atoms with E-state index in [4.69, 9.17) is 9.47 Å². The van der Waals surface area contributed by atoms with Crippen LogP contribution in [0.1, 0.15) is 27.7 Å². The number of hydrogen-bond donors (Lipinski definition) is 1. The molecule has 1 aromatic carbocycles. The molecule has 5 nitrogen and oxygen atoms in total. The molecule has 1 aliphatic heterocycles. The van der Waals surface area contributed by atoms with E-state index in [9.17, 15) is 9.59 Å². The lowest BCUT2D eigenvalue weighted by atomic mass is 10.0. The second kappa shape index (κ2) is 7.04. The third kappa shape index (κ3) is 4.95. The number of rotatable bonds is 3. The second-order valence-corrected chi connectivity index (χ2v) is 12.3. The Morgan fingerprint density at radius 1 is 1.24 bits per heavy atom. The second-order valence-electron chi connectivity index (χ2n) is 7.97. The molecule has 1 aromatic rings. The fourth-order valence-corrected chi connectivity index (χ4v) is 4.98. The number of alkyl carbamates (subject to hydrolysis) is 1. The maximum absolute atomic E-state index is 12.2. The molecule has 1 aliphatic rings. The third-order valence-corrected chi connectivity index (χ3v) is 6.94. The van der Waals surface area contributed by atoms with Crippen molar-refractivity contribution in [2.75, 3.05) is 0 Å². The minimum absolute atomic E-state index is 0.226. The Hall–Kier alpha value is -2.08. The maximum Gasteiger partial charge on any atom is 0.408 e. The van der Waals surface area contributed by atoms with E-state index >= 15 is 0 Å². The normalized spacial score (nSPS) is 22.6. The highest BCUT2D eigenvalue weighted by atomic mass is 28.3. The molecule has 1 amide bonds. The molecular formula is C19H27NO4Si. The first kappa shape index (κ1) is 19.2. The van der Waals surface area contributed by atoms with E-state index in [1.807, 2.05) is 25.1 Å². The van der Waals surface area contributed by atoms with Crippen LogP contribution in [0.4, 0.5) is 4.79 Å². The monoisotopic (exact) mass is 361 g/mol.